The highest BCUT2D eigenvalue weighted by molar-refractivity contribution is 6.99. The number of hydrogen-bond acceptors (Lipinski definition) is 5. The number of nitrogen functional groups attached to an aromatic ring is 1. The Bertz CT molecular complexity index is 526. The standard InChI is InChI=1S/C9H6F3N3OS/c10-9(11,12)16-6-3-1-2-5(4-6)7-8(13)15-17-14-7/h1-4H,(H2,13,15). The van der Waals surface area contributed by atoms with Gasteiger partial charge < -0.3 is 10.5 Å². The molecule has 0 saturated heterocycles. The third-order valence-corrected chi connectivity index (χ3v) is 2.40. The van der Waals surface area contributed by atoms with Crippen LogP contribution in [-0.4, -0.2) is 15.1 Å². The van der Waals surface area contributed by atoms with Gasteiger partial charge in [0.2, 0.25) is 0 Å². The molecule has 0 amide bonds. The summed E-state index contributed by atoms with van der Waals surface area (Å²) in [5.41, 5.74) is 6.30. The van der Waals surface area contributed by atoms with Gasteiger partial charge in [-0.15, -0.1) is 13.2 Å². The molecule has 2 N–H and O–H groups in total. The number of nitrogens with zero attached hydrogens (tertiary/aromatic N) is 2. The van der Waals surface area contributed by atoms with Gasteiger partial charge in [0, 0.05) is 5.56 Å². The Labute approximate surface area is 98.2 Å². The molecule has 0 spiro atoms. The van der Waals surface area contributed by atoms with Crippen LogP contribution in [0.3, 0.4) is 0 Å². The van der Waals surface area contributed by atoms with E-state index in [-0.39, 0.29) is 11.6 Å². The third kappa shape index (κ3) is 2.84. The lowest BCUT2D eigenvalue weighted by Crippen LogP contribution is -2.17. The summed E-state index contributed by atoms with van der Waals surface area (Å²) in [6.45, 7) is 0. The Morgan fingerprint density at radius 1 is 1.24 bits per heavy atom. The third-order valence-electron chi connectivity index (χ3n) is 1.85. The number of aromatic nitrogens is 2. The molecule has 0 saturated carbocycles. The Morgan fingerprint density at radius 3 is 2.59 bits per heavy atom. The molecule has 0 aliphatic heterocycles. The number of nitrogens with two attached hydrogens (primary N) is 1. The molecule has 0 unspecified atom stereocenters. The van der Waals surface area contributed by atoms with Crippen LogP contribution in [0.1, 0.15) is 0 Å². The van der Waals surface area contributed by atoms with Gasteiger partial charge >= 0.3 is 6.36 Å². The Balaban J connectivity index is 2.32. The van der Waals surface area contributed by atoms with Crippen LogP contribution in [0, 0.1) is 0 Å². The average Bonchev–Trinajstić information content (AvgIpc) is 2.62. The highest BCUT2D eigenvalue weighted by Gasteiger charge is 2.31. The van der Waals surface area contributed by atoms with E-state index in [1.807, 2.05) is 0 Å². The zero-order valence-corrected chi connectivity index (χ0v) is 9.05. The van der Waals surface area contributed by atoms with Gasteiger partial charge in [0.15, 0.2) is 5.82 Å². The summed E-state index contributed by atoms with van der Waals surface area (Å²) >= 11 is 0.892. The lowest BCUT2D eigenvalue weighted by Gasteiger charge is -2.09. The van der Waals surface area contributed by atoms with E-state index in [1.165, 1.54) is 18.2 Å². The van der Waals surface area contributed by atoms with Crippen LogP contribution in [0.25, 0.3) is 11.3 Å². The molecule has 2 rings (SSSR count). The van der Waals surface area contributed by atoms with Gasteiger partial charge in [0.25, 0.3) is 0 Å². The predicted molar refractivity (Wildman–Crippen MR) is 56.4 cm³/mol. The zero-order valence-electron chi connectivity index (χ0n) is 8.23. The summed E-state index contributed by atoms with van der Waals surface area (Å²) in [4.78, 5) is 0. The second kappa shape index (κ2) is 4.21. The number of ether oxygens (including phenoxy) is 1. The van der Waals surface area contributed by atoms with Crippen molar-refractivity contribution in [2.45, 2.75) is 6.36 Å². The molecule has 1 aromatic carbocycles. The van der Waals surface area contributed by atoms with E-state index in [0.717, 1.165) is 11.7 Å². The van der Waals surface area contributed by atoms with E-state index in [0.29, 0.717) is 11.3 Å². The van der Waals surface area contributed by atoms with Gasteiger partial charge in [-0.25, -0.2) is 0 Å². The molecule has 1 heterocycles. The highest BCUT2D eigenvalue weighted by Crippen LogP contribution is 2.29. The molecule has 90 valence electrons. The number of anilines is 1. The Kier molecular flexibility index (Phi) is 2.88. The van der Waals surface area contributed by atoms with E-state index < -0.39 is 6.36 Å². The molecule has 0 atom stereocenters. The van der Waals surface area contributed by atoms with Crippen molar-refractivity contribution in [1.29, 1.82) is 0 Å². The predicted octanol–water partition coefficient (Wildman–Crippen LogP) is 2.69. The number of benzene rings is 1. The van der Waals surface area contributed by atoms with Gasteiger partial charge in [0.05, 0.1) is 11.7 Å². The quantitative estimate of drug-likeness (QED) is 0.902. The highest BCUT2D eigenvalue weighted by atomic mass is 32.1. The first-order valence-corrected chi connectivity index (χ1v) is 5.13. The molecule has 0 aliphatic carbocycles. The van der Waals surface area contributed by atoms with Crippen molar-refractivity contribution < 1.29 is 17.9 Å². The minimum atomic E-state index is -4.72. The molecule has 0 bridgehead atoms. The van der Waals surface area contributed by atoms with Gasteiger partial charge in [-0.2, -0.15) is 8.75 Å². The normalized spacial score (nSPS) is 11.5. The summed E-state index contributed by atoms with van der Waals surface area (Å²) in [6.07, 6.45) is -4.72. The SMILES string of the molecule is Nc1nsnc1-c1cccc(OC(F)(F)F)c1. The maximum atomic E-state index is 12.0. The molecular weight excluding hydrogens is 255 g/mol. The van der Waals surface area contributed by atoms with E-state index >= 15 is 0 Å². The Morgan fingerprint density at radius 2 is 2.00 bits per heavy atom. The first-order chi connectivity index (χ1) is 7.96. The van der Waals surface area contributed by atoms with Gasteiger partial charge in [-0.1, -0.05) is 12.1 Å². The maximum Gasteiger partial charge on any atom is 0.573 e. The molecule has 1 aromatic heterocycles. The second-order valence-corrected chi connectivity index (χ2v) is 3.60. The van der Waals surface area contributed by atoms with Crippen LogP contribution in [-0.2, 0) is 0 Å². The van der Waals surface area contributed by atoms with Crippen LogP contribution in [0.5, 0.6) is 5.75 Å². The van der Waals surface area contributed by atoms with E-state index in [1.54, 1.807) is 6.07 Å². The van der Waals surface area contributed by atoms with Crippen LogP contribution >= 0.6 is 11.7 Å². The van der Waals surface area contributed by atoms with Gasteiger partial charge in [-0.3, -0.25) is 0 Å². The van der Waals surface area contributed by atoms with Crippen molar-refractivity contribution in [3.8, 4) is 17.0 Å². The van der Waals surface area contributed by atoms with E-state index in [9.17, 15) is 13.2 Å². The average molecular weight is 261 g/mol. The maximum absolute atomic E-state index is 12.0. The molecular formula is C9H6F3N3OS. The van der Waals surface area contributed by atoms with Crippen LogP contribution in [0.2, 0.25) is 0 Å². The Hall–Kier alpha value is -1.83. The molecule has 0 aliphatic rings. The van der Waals surface area contributed by atoms with Crippen LogP contribution in [0.4, 0.5) is 19.0 Å². The molecule has 0 radical (unpaired) electrons. The lowest BCUT2D eigenvalue weighted by atomic mass is 10.1. The minimum Gasteiger partial charge on any atom is -0.406 e. The molecule has 4 nitrogen and oxygen atoms in total. The monoisotopic (exact) mass is 261 g/mol. The van der Waals surface area contributed by atoms with E-state index in [4.69, 9.17) is 5.73 Å². The summed E-state index contributed by atoms with van der Waals surface area (Å²) in [6, 6.07) is 5.42. The summed E-state index contributed by atoms with van der Waals surface area (Å²) < 4.78 is 47.5. The van der Waals surface area contributed by atoms with Crippen molar-refractivity contribution in [2.75, 3.05) is 5.73 Å². The molecule has 0 fully saturated rings. The van der Waals surface area contributed by atoms with Crippen LogP contribution < -0.4 is 10.5 Å². The fourth-order valence-electron chi connectivity index (χ4n) is 1.24. The van der Waals surface area contributed by atoms with Crippen molar-refractivity contribution in [1.82, 2.24) is 8.75 Å². The fraction of sp³-hybridized carbons (Fsp3) is 0.111. The smallest absolute Gasteiger partial charge is 0.406 e. The number of hydrogen-bond donors (Lipinski definition) is 1. The van der Waals surface area contributed by atoms with Crippen molar-refractivity contribution in [2.24, 2.45) is 0 Å². The summed E-state index contributed by atoms with van der Waals surface area (Å²) in [5, 5.41) is 0. The number of alkyl halides is 3. The summed E-state index contributed by atoms with van der Waals surface area (Å²) in [5.74, 6) is -0.137. The zero-order chi connectivity index (χ0) is 12.5. The first-order valence-electron chi connectivity index (χ1n) is 4.40. The molecule has 8 heteroatoms. The van der Waals surface area contributed by atoms with Crippen LogP contribution in [0.15, 0.2) is 24.3 Å². The second-order valence-electron chi connectivity index (χ2n) is 3.07. The molecule has 2 aromatic rings. The van der Waals surface area contributed by atoms with Gasteiger partial charge in [-0.05, 0) is 12.1 Å². The number of rotatable bonds is 2. The minimum absolute atomic E-state index is 0.180. The fourth-order valence-corrected chi connectivity index (χ4v) is 1.73. The first kappa shape index (κ1) is 11.6. The topological polar surface area (TPSA) is 61.0 Å². The summed E-state index contributed by atoms with van der Waals surface area (Å²) in [7, 11) is 0. The van der Waals surface area contributed by atoms with Crippen molar-refractivity contribution in [3.05, 3.63) is 24.3 Å². The van der Waals surface area contributed by atoms with Gasteiger partial charge in [0.1, 0.15) is 11.4 Å². The molecule has 17 heavy (non-hydrogen) atoms. The lowest BCUT2D eigenvalue weighted by molar-refractivity contribution is -0.274. The largest absolute Gasteiger partial charge is 0.573 e. The van der Waals surface area contributed by atoms with Crippen molar-refractivity contribution >= 4 is 17.5 Å². The number of halogens is 3. The van der Waals surface area contributed by atoms with Crippen molar-refractivity contribution in [3.63, 3.8) is 0 Å². The van der Waals surface area contributed by atoms with E-state index in [2.05, 4.69) is 13.5 Å².